The van der Waals surface area contributed by atoms with Crippen LogP contribution in [-0.2, 0) is 83.7 Å². The van der Waals surface area contributed by atoms with E-state index >= 15 is 4.39 Å². The first-order valence-electron chi connectivity index (χ1n) is 42.6. The highest BCUT2D eigenvalue weighted by atomic mass is 79.9. The first-order chi connectivity index (χ1) is 57.9. The Morgan fingerprint density at radius 1 is 0.483 bits per heavy atom. The Balaban J connectivity index is 0.000000168. The summed E-state index contributed by atoms with van der Waals surface area (Å²) in [6, 6.07) is 36.4. The van der Waals surface area contributed by atoms with E-state index in [0.717, 1.165) is 129 Å². The van der Waals surface area contributed by atoms with Gasteiger partial charge < -0.3 is 60.5 Å². The SMILES string of the molecule is CCc1nc2c(cnn2CC)c(NC2CCOCC2)c1CNC(=O)c1cccc(C(=O)NCc2ccc(F)c(-c3cccc(CC4CCN(C)CC4)c3)c2)n1.CCc1nc2c(cnn2CC)c(NC2CCOCC2)c1CNC(=O)c1cccc(C(=O)NCc2ccc(F)c(Br)c2)n1.CN1CCC(Cc2cccc(B3OC(C)(C)C(C)(C)O3)c2)CC1. The standard InChI is InChI=1S/C43H51FN8O3.C30H33BrFN7O3.C19H30BNO2/c1-4-37-34(40(48-32-16-20-55-21-17-32)35-27-47-52(5-2)41(35)50-37)26-46-43(54)39-11-7-10-38(49-39)42(53)45-25-30-12-13-36(44)33(24-30)31-9-6-8-29(23-31)22-28-14-18-51(3)19-15-28;1-3-24-20(27(36-19-10-12-42-13-11-19)21-17-35-39(4-2)28(21)38-24)16-34-30(41)26-7-5-6-25(37-26)29(40)33-15-18-8-9-23(32)22(31)14-18;1-18(2)19(3,4)23-20(22-18)17-8-6-7-16(14-17)13-15-9-11-21(5)12-10-15/h6-13,23-24,27-28,32H,4-5,14-22,25-26H2,1-3H3,(H,45,53)(H,46,54)(H,48,50);5-9,14,17,19H,3-4,10-13,15-16H2,1-2H3,(H,33,40)(H,34,41)(H,36,38);6-8,14-15H,9-13H2,1-5H3. The van der Waals surface area contributed by atoms with E-state index < -0.39 is 23.6 Å². The van der Waals surface area contributed by atoms with Gasteiger partial charge in [-0.1, -0.05) is 86.6 Å². The Morgan fingerprint density at radius 2 is 0.892 bits per heavy atom. The van der Waals surface area contributed by atoms with Crippen LogP contribution in [0.15, 0.2) is 138 Å². The van der Waals surface area contributed by atoms with Crippen LogP contribution in [0.4, 0.5) is 20.2 Å². The lowest BCUT2D eigenvalue weighted by molar-refractivity contribution is 0.00578. The second kappa shape index (κ2) is 40.6. The molecular weight excluding hydrogens is 1590 g/mol. The van der Waals surface area contributed by atoms with E-state index in [-0.39, 0.29) is 91.0 Å². The molecule has 634 valence electrons. The number of nitrogens with zero attached hydrogens (tertiary/aromatic N) is 10. The van der Waals surface area contributed by atoms with Gasteiger partial charge in [-0.3, -0.25) is 19.2 Å². The number of hydrogen-bond donors (Lipinski definition) is 6. The van der Waals surface area contributed by atoms with Crippen molar-refractivity contribution in [2.75, 3.05) is 77.3 Å². The van der Waals surface area contributed by atoms with Crippen molar-refractivity contribution in [2.45, 2.75) is 195 Å². The number of aryl methyl sites for hydroxylation is 4. The monoisotopic (exact) mass is 1700 g/mol. The van der Waals surface area contributed by atoms with Gasteiger partial charge in [0.2, 0.25) is 0 Å². The van der Waals surface area contributed by atoms with Gasteiger partial charge in [0, 0.05) is 106 Å². The predicted octanol–water partition coefficient (Wildman–Crippen LogP) is 14.2. The molecule has 5 fully saturated rings. The minimum absolute atomic E-state index is 0.106. The molecule has 24 nitrogen and oxygen atoms in total. The third-order valence-corrected chi connectivity index (χ3v) is 24.6. The molecule has 6 aromatic heterocycles. The molecule has 11 heterocycles. The van der Waals surface area contributed by atoms with E-state index in [2.05, 4.69) is 163 Å². The quantitative estimate of drug-likeness (QED) is 0.0275. The minimum Gasteiger partial charge on any atom is -0.399 e. The van der Waals surface area contributed by atoms with Crippen LogP contribution in [-0.4, -0.2) is 170 Å². The van der Waals surface area contributed by atoms with E-state index in [9.17, 15) is 23.6 Å². The summed E-state index contributed by atoms with van der Waals surface area (Å²) in [7, 11) is 4.13. The lowest BCUT2D eigenvalue weighted by Gasteiger charge is -2.32. The number of amides is 4. The summed E-state index contributed by atoms with van der Waals surface area (Å²) in [6.07, 6.45) is 15.6. The molecule has 0 spiro atoms. The summed E-state index contributed by atoms with van der Waals surface area (Å²) in [5.74, 6) is -0.935. The number of pyridine rings is 4. The van der Waals surface area contributed by atoms with Crippen LogP contribution in [0.5, 0.6) is 0 Å². The van der Waals surface area contributed by atoms with Crippen LogP contribution in [0.3, 0.4) is 0 Å². The molecule has 4 amide bonds. The molecule has 0 radical (unpaired) electrons. The number of nitrogens with one attached hydrogen (secondary N) is 6. The van der Waals surface area contributed by atoms with Crippen molar-refractivity contribution in [3.63, 3.8) is 0 Å². The van der Waals surface area contributed by atoms with Crippen LogP contribution >= 0.6 is 15.9 Å². The zero-order valence-electron chi connectivity index (χ0n) is 70.8. The molecule has 0 bridgehead atoms. The van der Waals surface area contributed by atoms with Crippen molar-refractivity contribution in [1.29, 1.82) is 0 Å². The lowest BCUT2D eigenvalue weighted by Crippen LogP contribution is -2.41. The Labute approximate surface area is 711 Å². The summed E-state index contributed by atoms with van der Waals surface area (Å²) in [4.78, 5) is 76.2. The summed E-state index contributed by atoms with van der Waals surface area (Å²) in [5, 5.41) is 30.0. The summed E-state index contributed by atoms with van der Waals surface area (Å²) >= 11 is 3.15. The Morgan fingerprint density at radius 3 is 1.32 bits per heavy atom. The van der Waals surface area contributed by atoms with Crippen molar-refractivity contribution >= 4 is 85.6 Å². The molecule has 5 aliphatic heterocycles. The number of carbonyl (C=O) groups is 4. The number of ether oxygens (including phenoxy) is 2. The van der Waals surface area contributed by atoms with Crippen LogP contribution in [0.25, 0.3) is 33.2 Å². The maximum Gasteiger partial charge on any atom is 0.494 e. The average Bonchev–Trinajstić information content (AvgIpc) is 1.59. The molecule has 5 aliphatic rings. The third-order valence-electron chi connectivity index (χ3n) is 24.0. The van der Waals surface area contributed by atoms with E-state index in [1.54, 1.807) is 60.7 Å². The third kappa shape index (κ3) is 22.0. The molecule has 4 aromatic carbocycles. The van der Waals surface area contributed by atoms with Crippen LogP contribution < -0.4 is 37.4 Å². The number of benzene rings is 4. The number of rotatable bonds is 26. The molecule has 0 saturated carbocycles. The average molecular weight is 1700 g/mol. The zero-order chi connectivity index (χ0) is 84.6. The van der Waals surface area contributed by atoms with Gasteiger partial charge in [-0.2, -0.15) is 10.2 Å². The molecule has 28 heteroatoms. The van der Waals surface area contributed by atoms with Gasteiger partial charge in [0.1, 0.15) is 34.4 Å². The van der Waals surface area contributed by atoms with E-state index in [4.69, 9.17) is 28.8 Å². The van der Waals surface area contributed by atoms with Crippen molar-refractivity contribution in [1.82, 2.24) is 70.6 Å². The number of piperidine rings is 2. The van der Waals surface area contributed by atoms with Gasteiger partial charge in [-0.25, -0.2) is 38.1 Å². The van der Waals surface area contributed by atoms with Gasteiger partial charge >= 0.3 is 7.12 Å². The fourth-order valence-electron chi connectivity index (χ4n) is 16.1. The second-order valence-electron chi connectivity index (χ2n) is 33.0. The van der Waals surface area contributed by atoms with Gasteiger partial charge in [-0.15, -0.1) is 0 Å². The topological polar surface area (TPSA) is 271 Å². The molecule has 0 unspecified atom stereocenters. The number of carbonyl (C=O) groups excluding carboxylic acids is 4. The molecule has 5 saturated heterocycles. The van der Waals surface area contributed by atoms with Gasteiger partial charge in [-0.05, 0) is 268 Å². The highest BCUT2D eigenvalue weighted by Crippen LogP contribution is 2.38. The first-order valence-corrected chi connectivity index (χ1v) is 43.4. The number of likely N-dealkylation sites (tertiary alicyclic amines) is 2. The molecular formula is C92H114BBrF2N16O8. The predicted molar refractivity (Wildman–Crippen MR) is 469 cm³/mol. The number of fused-ring (bicyclic) bond motifs is 2. The maximum atomic E-state index is 15.1. The van der Waals surface area contributed by atoms with Gasteiger partial charge in [0.25, 0.3) is 23.6 Å². The molecule has 0 aliphatic carbocycles. The van der Waals surface area contributed by atoms with E-state index in [1.165, 1.54) is 68.5 Å². The normalized spacial score (nSPS) is 16.8. The maximum absolute atomic E-state index is 15.1. The number of aromatic nitrogens is 8. The molecule has 15 rings (SSSR count). The number of halogens is 3. The lowest BCUT2D eigenvalue weighted by atomic mass is 9.77. The second-order valence-corrected chi connectivity index (χ2v) is 33.9. The van der Waals surface area contributed by atoms with Crippen molar-refractivity contribution in [2.24, 2.45) is 11.8 Å². The summed E-state index contributed by atoms with van der Waals surface area (Å²) in [5.41, 5.74) is 13.5. The van der Waals surface area contributed by atoms with E-state index in [0.29, 0.717) is 68.3 Å². The van der Waals surface area contributed by atoms with Crippen molar-refractivity contribution < 1.29 is 46.7 Å². The van der Waals surface area contributed by atoms with Crippen molar-refractivity contribution in [3.8, 4) is 11.1 Å². The fourth-order valence-corrected chi connectivity index (χ4v) is 16.5. The van der Waals surface area contributed by atoms with Crippen LogP contribution in [0.1, 0.15) is 193 Å². The van der Waals surface area contributed by atoms with Gasteiger partial charge in [0.05, 0.1) is 50.2 Å². The van der Waals surface area contributed by atoms with Crippen molar-refractivity contribution in [3.05, 3.63) is 217 Å². The molecule has 6 N–H and O–H groups in total. The minimum atomic E-state index is -0.441. The summed E-state index contributed by atoms with van der Waals surface area (Å²) < 4.78 is 56.2. The fraction of sp³-hybridized carbons (Fsp3) is 0.457. The van der Waals surface area contributed by atoms with Crippen LogP contribution in [0.2, 0.25) is 0 Å². The Hall–Kier alpha value is -9.94. The Kier molecular flexibility index (Phi) is 29.7. The Bertz CT molecular complexity index is 5210. The van der Waals surface area contributed by atoms with Crippen LogP contribution in [0, 0.1) is 23.5 Å². The highest BCUT2D eigenvalue weighted by molar-refractivity contribution is 9.10. The van der Waals surface area contributed by atoms with E-state index in [1.807, 2.05) is 54.7 Å². The first kappa shape index (κ1) is 87.9. The van der Waals surface area contributed by atoms with Gasteiger partial charge in [0.15, 0.2) is 11.3 Å². The smallest absolute Gasteiger partial charge is 0.399 e. The largest absolute Gasteiger partial charge is 0.494 e. The number of anilines is 2. The summed E-state index contributed by atoms with van der Waals surface area (Å²) in [6.45, 7) is 26.2. The zero-order valence-corrected chi connectivity index (χ0v) is 72.4. The highest BCUT2D eigenvalue weighted by Gasteiger charge is 2.52. The number of hydrogen-bond acceptors (Lipinski definition) is 18. The molecule has 120 heavy (non-hydrogen) atoms. The molecule has 0 atom stereocenters. The molecule has 10 aromatic rings.